The van der Waals surface area contributed by atoms with Crippen LogP contribution >= 0.6 is 0 Å². The predicted octanol–water partition coefficient (Wildman–Crippen LogP) is 4.37. The van der Waals surface area contributed by atoms with Crippen LogP contribution in [-0.2, 0) is 6.42 Å². The molecular formula is C17H27NO. The summed E-state index contributed by atoms with van der Waals surface area (Å²) in [4.78, 5) is 0. The van der Waals surface area contributed by atoms with Crippen LogP contribution in [0.3, 0.4) is 0 Å². The summed E-state index contributed by atoms with van der Waals surface area (Å²) < 4.78 is 5.98. The zero-order chi connectivity index (χ0) is 13.5. The molecule has 0 spiro atoms. The van der Waals surface area contributed by atoms with E-state index in [0.29, 0.717) is 0 Å². The number of rotatable bonds is 7. The fourth-order valence-corrected chi connectivity index (χ4v) is 2.87. The minimum atomic E-state index is 0.205. The maximum Gasteiger partial charge on any atom is 0.122 e. The lowest BCUT2D eigenvalue weighted by atomic mass is 9.87. The van der Waals surface area contributed by atoms with Gasteiger partial charge >= 0.3 is 0 Å². The Morgan fingerprint density at radius 2 is 2.05 bits per heavy atom. The molecule has 0 bridgehead atoms. The van der Waals surface area contributed by atoms with Gasteiger partial charge in [0, 0.05) is 6.04 Å². The second kappa shape index (κ2) is 7.54. The molecule has 0 heterocycles. The van der Waals surface area contributed by atoms with Crippen LogP contribution < -0.4 is 10.5 Å². The molecule has 1 aromatic carbocycles. The molecule has 2 rings (SSSR count). The molecule has 0 aromatic heterocycles. The van der Waals surface area contributed by atoms with E-state index >= 15 is 0 Å². The van der Waals surface area contributed by atoms with Gasteiger partial charge in [0.2, 0.25) is 0 Å². The van der Waals surface area contributed by atoms with Crippen LogP contribution in [0.1, 0.15) is 69.0 Å². The molecule has 1 aliphatic rings. The van der Waals surface area contributed by atoms with E-state index in [0.717, 1.165) is 31.6 Å². The Hall–Kier alpha value is -1.02. The van der Waals surface area contributed by atoms with Crippen molar-refractivity contribution in [3.63, 3.8) is 0 Å². The number of ether oxygens (including phenoxy) is 1. The molecule has 2 nitrogen and oxygen atoms in total. The lowest BCUT2D eigenvalue weighted by Gasteiger charge is -2.24. The molecule has 0 aliphatic heterocycles. The molecule has 1 aliphatic carbocycles. The molecular weight excluding hydrogens is 234 g/mol. The van der Waals surface area contributed by atoms with Crippen molar-refractivity contribution in [2.75, 3.05) is 6.61 Å². The summed E-state index contributed by atoms with van der Waals surface area (Å²) in [6, 6.07) is 6.55. The lowest BCUT2D eigenvalue weighted by molar-refractivity contribution is 0.299. The minimum Gasteiger partial charge on any atom is -0.493 e. The van der Waals surface area contributed by atoms with E-state index in [9.17, 15) is 0 Å². The first-order chi connectivity index (χ1) is 9.33. The van der Waals surface area contributed by atoms with Crippen LogP contribution in [0.5, 0.6) is 5.75 Å². The lowest BCUT2D eigenvalue weighted by Crippen LogP contribution is -2.18. The predicted molar refractivity (Wildman–Crippen MR) is 80.6 cm³/mol. The molecule has 2 heteroatoms. The summed E-state index contributed by atoms with van der Waals surface area (Å²) >= 11 is 0. The van der Waals surface area contributed by atoms with Crippen molar-refractivity contribution in [2.45, 2.75) is 64.3 Å². The molecule has 1 unspecified atom stereocenters. The van der Waals surface area contributed by atoms with Gasteiger partial charge in [-0.05, 0) is 42.9 Å². The number of benzene rings is 1. The summed E-state index contributed by atoms with van der Waals surface area (Å²) in [6.45, 7) is 3.09. The molecule has 2 N–H and O–H groups in total. The normalized spacial score (nSPS) is 18.1. The van der Waals surface area contributed by atoms with Crippen LogP contribution in [0, 0.1) is 0 Å². The van der Waals surface area contributed by atoms with Crippen LogP contribution in [0.2, 0.25) is 0 Å². The van der Waals surface area contributed by atoms with E-state index in [4.69, 9.17) is 10.5 Å². The smallest absolute Gasteiger partial charge is 0.122 e. The van der Waals surface area contributed by atoms with Gasteiger partial charge in [-0.25, -0.2) is 0 Å². The van der Waals surface area contributed by atoms with E-state index in [2.05, 4.69) is 25.1 Å². The minimum absolute atomic E-state index is 0.205. The van der Waals surface area contributed by atoms with E-state index in [-0.39, 0.29) is 6.04 Å². The third-order valence-electron chi connectivity index (χ3n) is 4.02. The van der Waals surface area contributed by atoms with Gasteiger partial charge in [0.1, 0.15) is 5.75 Å². The van der Waals surface area contributed by atoms with Crippen LogP contribution in [-0.4, -0.2) is 6.61 Å². The Morgan fingerprint density at radius 1 is 1.21 bits per heavy atom. The molecule has 19 heavy (non-hydrogen) atoms. The topological polar surface area (TPSA) is 35.2 Å². The fraction of sp³-hybridized carbons (Fsp3) is 0.647. The average Bonchev–Trinajstić information content (AvgIpc) is 2.43. The zero-order valence-corrected chi connectivity index (χ0v) is 12.2. The molecule has 0 saturated heterocycles. The maximum absolute atomic E-state index is 6.17. The third kappa shape index (κ3) is 3.97. The fourth-order valence-electron chi connectivity index (χ4n) is 2.87. The monoisotopic (exact) mass is 261 g/mol. The zero-order valence-electron chi connectivity index (χ0n) is 12.2. The van der Waals surface area contributed by atoms with Crippen LogP contribution in [0.25, 0.3) is 0 Å². The highest BCUT2D eigenvalue weighted by molar-refractivity contribution is 5.43. The summed E-state index contributed by atoms with van der Waals surface area (Å²) in [6.07, 6.45) is 9.82. The second-order valence-electron chi connectivity index (χ2n) is 5.59. The molecule has 0 amide bonds. The third-order valence-corrected chi connectivity index (χ3v) is 4.02. The van der Waals surface area contributed by atoms with Gasteiger partial charge in [0.05, 0.1) is 6.61 Å². The summed E-state index contributed by atoms with van der Waals surface area (Å²) in [5.41, 5.74) is 8.83. The van der Waals surface area contributed by atoms with Crippen molar-refractivity contribution in [1.29, 1.82) is 0 Å². The Morgan fingerprint density at radius 3 is 2.89 bits per heavy atom. The van der Waals surface area contributed by atoms with E-state index < -0.39 is 0 Å². The van der Waals surface area contributed by atoms with Crippen molar-refractivity contribution in [3.05, 3.63) is 29.3 Å². The SMILES string of the molecule is CCCCCCCOc1cccc2c1CCCC2N. The van der Waals surface area contributed by atoms with Crippen LogP contribution in [0.15, 0.2) is 18.2 Å². The quantitative estimate of drug-likeness (QED) is 0.740. The van der Waals surface area contributed by atoms with E-state index in [1.807, 2.05) is 0 Å². The Balaban J connectivity index is 1.85. The van der Waals surface area contributed by atoms with Gasteiger partial charge in [-0.15, -0.1) is 0 Å². The van der Waals surface area contributed by atoms with Gasteiger partial charge in [-0.3, -0.25) is 0 Å². The molecule has 0 saturated carbocycles. The average molecular weight is 261 g/mol. The van der Waals surface area contributed by atoms with Crippen molar-refractivity contribution in [1.82, 2.24) is 0 Å². The number of unbranched alkanes of at least 4 members (excludes halogenated alkanes) is 4. The van der Waals surface area contributed by atoms with Crippen molar-refractivity contribution in [3.8, 4) is 5.75 Å². The standard InChI is InChI=1S/C17H27NO/c1-2-3-4-5-6-13-19-17-12-8-9-14-15(17)10-7-11-16(14)18/h8-9,12,16H,2-7,10-11,13,18H2,1H3. The van der Waals surface area contributed by atoms with Gasteiger partial charge < -0.3 is 10.5 Å². The number of hydrogen-bond donors (Lipinski definition) is 1. The summed E-state index contributed by atoms with van der Waals surface area (Å²) in [7, 11) is 0. The highest BCUT2D eigenvalue weighted by atomic mass is 16.5. The van der Waals surface area contributed by atoms with E-state index in [1.165, 1.54) is 43.2 Å². The van der Waals surface area contributed by atoms with Crippen LogP contribution in [0.4, 0.5) is 0 Å². The Labute approximate surface area is 117 Å². The van der Waals surface area contributed by atoms with Crippen molar-refractivity contribution >= 4 is 0 Å². The molecule has 1 aromatic rings. The molecule has 1 atom stereocenters. The largest absolute Gasteiger partial charge is 0.493 e. The Bertz CT molecular complexity index is 389. The van der Waals surface area contributed by atoms with Crippen molar-refractivity contribution < 1.29 is 4.74 Å². The first kappa shape index (κ1) is 14.4. The molecule has 0 fully saturated rings. The number of fused-ring (bicyclic) bond motifs is 1. The summed E-state index contributed by atoms with van der Waals surface area (Å²) in [5.74, 6) is 1.07. The van der Waals surface area contributed by atoms with Crippen molar-refractivity contribution in [2.24, 2.45) is 5.73 Å². The van der Waals surface area contributed by atoms with E-state index in [1.54, 1.807) is 0 Å². The van der Waals surface area contributed by atoms with Gasteiger partial charge in [-0.1, -0.05) is 44.7 Å². The Kier molecular flexibility index (Phi) is 5.71. The maximum atomic E-state index is 6.17. The molecule has 106 valence electrons. The highest BCUT2D eigenvalue weighted by Crippen LogP contribution is 2.34. The second-order valence-corrected chi connectivity index (χ2v) is 5.59. The molecule has 0 radical (unpaired) electrons. The number of nitrogens with two attached hydrogens (primary N) is 1. The van der Waals surface area contributed by atoms with Gasteiger partial charge in [0.15, 0.2) is 0 Å². The number of hydrogen-bond acceptors (Lipinski definition) is 2. The first-order valence-electron chi connectivity index (χ1n) is 7.83. The summed E-state index contributed by atoms with van der Waals surface area (Å²) in [5, 5.41) is 0. The highest BCUT2D eigenvalue weighted by Gasteiger charge is 2.19. The van der Waals surface area contributed by atoms with Gasteiger partial charge in [-0.2, -0.15) is 0 Å². The first-order valence-corrected chi connectivity index (χ1v) is 7.83. The van der Waals surface area contributed by atoms with Gasteiger partial charge in [0.25, 0.3) is 0 Å².